The van der Waals surface area contributed by atoms with Crippen LogP contribution >= 0.6 is 0 Å². The van der Waals surface area contributed by atoms with E-state index < -0.39 is 29.6 Å². The molecule has 0 radical (unpaired) electrons. The summed E-state index contributed by atoms with van der Waals surface area (Å²) in [6.45, 7) is 0.964. The molecule has 9 heteroatoms. The first-order valence-corrected chi connectivity index (χ1v) is 7.83. The fourth-order valence-electron chi connectivity index (χ4n) is 2.31. The molecule has 144 valence electrons. The molecule has 2 amide bonds. The first-order chi connectivity index (χ1) is 12.6. The van der Waals surface area contributed by atoms with Crippen LogP contribution in [0.1, 0.15) is 22.8 Å². The molecule has 2 rings (SSSR count). The van der Waals surface area contributed by atoms with Crippen molar-refractivity contribution in [2.24, 2.45) is 0 Å². The van der Waals surface area contributed by atoms with Crippen molar-refractivity contribution in [1.82, 2.24) is 4.90 Å². The number of halogens is 5. The number of rotatable bonds is 5. The van der Waals surface area contributed by atoms with Gasteiger partial charge in [-0.3, -0.25) is 9.59 Å². The Morgan fingerprint density at radius 2 is 1.74 bits per heavy atom. The molecule has 0 aliphatic carbocycles. The first-order valence-electron chi connectivity index (χ1n) is 7.83. The van der Waals surface area contributed by atoms with Gasteiger partial charge in [-0.15, -0.1) is 0 Å². The lowest BCUT2D eigenvalue weighted by Crippen LogP contribution is -2.40. The third-order valence-electron chi connectivity index (χ3n) is 3.65. The Morgan fingerprint density at radius 3 is 2.33 bits per heavy atom. The van der Waals surface area contributed by atoms with E-state index >= 15 is 0 Å². The normalized spacial score (nSPS) is 11.2. The minimum absolute atomic E-state index is 0.123. The Balaban J connectivity index is 2.13. The van der Waals surface area contributed by atoms with Crippen molar-refractivity contribution in [2.45, 2.75) is 19.6 Å². The third kappa shape index (κ3) is 5.25. The highest BCUT2D eigenvalue weighted by atomic mass is 19.4. The molecule has 2 aromatic carbocycles. The van der Waals surface area contributed by atoms with Gasteiger partial charge in [-0.25, -0.2) is 8.78 Å². The maximum Gasteiger partial charge on any atom is 0.471 e. The highest BCUT2D eigenvalue weighted by molar-refractivity contribution is 6.04. The van der Waals surface area contributed by atoms with Crippen molar-refractivity contribution in [3.05, 3.63) is 65.2 Å². The van der Waals surface area contributed by atoms with Gasteiger partial charge in [0.25, 0.3) is 5.91 Å². The van der Waals surface area contributed by atoms with E-state index in [-0.39, 0.29) is 24.3 Å². The lowest BCUT2D eigenvalue weighted by molar-refractivity contribution is -0.185. The summed E-state index contributed by atoms with van der Waals surface area (Å²) < 4.78 is 63.9. The molecule has 2 aromatic rings. The summed E-state index contributed by atoms with van der Waals surface area (Å²) in [5.74, 6) is -4.95. The van der Waals surface area contributed by atoms with Gasteiger partial charge in [0.05, 0.1) is 0 Å². The highest BCUT2D eigenvalue weighted by Gasteiger charge is 2.41. The third-order valence-corrected chi connectivity index (χ3v) is 3.65. The second kappa shape index (κ2) is 8.15. The maximum atomic E-state index is 13.2. The summed E-state index contributed by atoms with van der Waals surface area (Å²) in [4.78, 5) is 24.1. The number of benzene rings is 2. The standard InChI is InChI=1S/C18H15F5N2O2/c1-2-25(17(27)18(21,22)23)10-11-4-3-5-13(8-11)24-16(26)12-6-7-14(19)15(20)9-12/h3-9H,2,10H2,1H3,(H,24,26). The summed E-state index contributed by atoms with van der Waals surface area (Å²) in [6.07, 6.45) is -4.98. The summed E-state index contributed by atoms with van der Waals surface area (Å²) in [6, 6.07) is 8.49. The lowest BCUT2D eigenvalue weighted by Gasteiger charge is -2.22. The molecule has 0 aliphatic heterocycles. The van der Waals surface area contributed by atoms with Crippen LogP contribution in [0.3, 0.4) is 0 Å². The number of hydrogen-bond acceptors (Lipinski definition) is 2. The Morgan fingerprint density at radius 1 is 1.04 bits per heavy atom. The quantitative estimate of drug-likeness (QED) is 0.786. The van der Waals surface area contributed by atoms with E-state index in [4.69, 9.17) is 0 Å². The molecule has 0 atom stereocenters. The van der Waals surface area contributed by atoms with Gasteiger partial charge in [0.2, 0.25) is 0 Å². The number of nitrogens with zero attached hydrogens (tertiary/aromatic N) is 1. The molecule has 27 heavy (non-hydrogen) atoms. The maximum absolute atomic E-state index is 13.2. The van der Waals surface area contributed by atoms with E-state index in [9.17, 15) is 31.5 Å². The molecular weight excluding hydrogens is 371 g/mol. The molecular formula is C18H15F5N2O2. The van der Waals surface area contributed by atoms with Crippen LogP contribution in [-0.2, 0) is 11.3 Å². The molecule has 0 heterocycles. The number of carbonyl (C=O) groups excluding carboxylic acids is 2. The number of nitrogens with one attached hydrogen (secondary N) is 1. The fraction of sp³-hybridized carbons (Fsp3) is 0.222. The zero-order valence-corrected chi connectivity index (χ0v) is 14.1. The van der Waals surface area contributed by atoms with Gasteiger partial charge < -0.3 is 10.2 Å². The van der Waals surface area contributed by atoms with Gasteiger partial charge in [0, 0.05) is 24.3 Å². The van der Waals surface area contributed by atoms with Crippen molar-refractivity contribution < 1.29 is 31.5 Å². The predicted octanol–water partition coefficient (Wildman–Crippen LogP) is 4.13. The lowest BCUT2D eigenvalue weighted by atomic mass is 10.1. The minimum atomic E-state index is -4.98. The van der Waals surface area contributed by atoms with Crippen molar-refractivity contribution >= 4 is 17.5 Å². The fourth-order valence-corrected chi connectivity index (χ4v) is 2.31. The van der Waals surface area contributed by atoms with Crippen LogP contribution in [-0.4, -0.2) is 29.4 Å². The second-order valence-electron chi connectivity index (χ2n) is 5.60. The van der Waals surface area contributed by atoms with Gasteiger partial charge in [-0.2, -0.15) is 13.2 Å². The molecule has 4 nitrogen and oxygen atoms in total. The topological polar surface area (TPSA) is 49.4 Å². The Bertz CT molecular complexity index is 852. The van der Waals surface area contributed by atoms with Gasteiger partial charge in [-0.1, -0.05) is 12.1 Å². The molecule has 0 aromatic heterocycles. The monoisotopic (exact) mass is 386 g/mol. The molecule has 0 unspecified atom stereocenters. The van der Waals surface area contributed by atoms with Crippen LogP contribution in [0.25, 0.3) is 0 Å². The van der Waals surface area contributed by atoms with Crippen LogP contribution in [0.2, 0.25) is 0 Å². The van der Waals surface area contributed by atoms with Crippen molar-refractivity contribution in [3.63, 3.8) is 0 Å². The predicted molar refractivity (Wildman–Crippen MR) is 87.9 cm³/mol. The SMILES string of the molecule is CCN(Cc1cccc(NC(=O)c2ccc(F)c(F)c2)c1)C(=O)C(F)(F)F. The second-order valence-corrected chi connectivity index (χ2v) is 5.60. The molecule has 0 aliphatic rings. The zero-order valence-electron chi connectivity index (χ0n) is 14.1. The van der Waals surface area contributed by atoms with Crippen molar-refractivity contribution in [2.75, 3.05) is 11.9 Å². The molecule has 1 N–H and O–H groups in total. The summed E-state index contributed by atoms with van der Waals surface area (Å²) in [7, 11) is 0. The number of carbonyl (C=O) groups is 2. The summed E-state index contributed by atoms with van der Waals surface area (Å²) in [5, 5.41) is 2.44. The van der Waals surface area contributed by atoms with Crippen LogP contribution < -0.4 is 5.32 Å². The average molecular weight is 386 g/mol. The average Bonchev–Trinajstić information content (AvgIpc) is 2.61. The van der Waals surface area contributed by atoms with E-state index in [0.717, 1.165) is 18.2 Å². The van der Waals surface area contributed by atoms with Gasteiger partial charge in [0.15, 0.2) is 11.6 Å². The summed E-state index contributed by atoms with van der Waals surface area (Å²) in [5.41, 5.74) is 0.469. The Labute approximate surface area is 151 Å². The Hall–Kier alpha value is -2.97. The number of hydrogen-bond donors (Lipinski definition) is 1. The number of alkyl halides is 3. The smallest absolute Gasteiger partial charge is 0.331 e. The van der Waals surface area contributed by atoms with E-state index in [1.165, 1.54) is 31.2 Å². The largest absolute Gasteiger partial charge is 0.471 e. The molecule has 0 fully saturated rings. The number of anilines is 1. The van der Waals surface area contributed by atoms with E-state index in [2.05, 4.69) is 5.32 Å². The van der Waals surface area contributed by atoms with Crippen LogP contribution in [0, 0.1) is 11.6 Å². The van der Waals surface area contributed by atoms with Crippen molar-refractivity contribution in [1.29, 1.82) is 0 Å². The first kappa shape index (κ1) is 20.3. The van der Waals surface area contributed by atoms with E-state index in [1.807, 2.05) is 0 Å². The molecule has 0 saturated carbocycles. The Kier molecular flexibility index (Phi) is 6.14. The van der Waals surface area contributed by atoms with Gasteiger partial charge in [-0.05, 0) is 42.8 Å². The van der Waals surface area contributed by atoms with Gasteiger partial charge >= 0.3 is 12.1 Å². The zero-order chi connectivity index (χ0) is 20.2. The molecule has 0 spiro atoms. The van der Waals surface area contributed by atoms with Crippen LogP contribution in [0.4, 0.5) is 27.6 Å². The molecule has 0 bridgehead atoms. The van der Waals surface area contributed by atoms with E-state index in [1.54, 1.807) is 0 Å². The number of amides is 2. The highest BCUT2D eigenvalue weighted by Crippen LogP contribution is 2.21. The van der Waals surface area contributed by atoms with E-state index in [0.29, 0.717) is 10.5 Å². The van der Waals surface area contributed by atoms with Crippen LogP contribution in [0.5, 0.6) is 0 Å². The summed E-state index contributed by atoms with van der Waals surface area (Å²) >= 11 is 0. The van der Waals surface area contributed by atoms with Crippen molar-refractivity contribution in [3.8, 4) is 0 Å². The van der Waals surface area contributed by atoms with Crippen LogP contribution in [0.15, 0.2) is 42.5 Å². The van der Waals surface area contributed by atoms with Gasteiger partial charge in [0.1, 0.15) is 0 Å². The minimum Gasteiger partial charge on any atom is -0.331 e. The molecule has 0 saturated heterocycles.